The van der Waals surface area contributed by atoms with Gasteiger partial charge < -0.3 is 9.52 Å². The van der Waals surface area contributed by atoms with Crippen LogP contribution in [0.2, 0.25) is 0 Å². The number of fused-ring (bicyclic) bond motifs is 3. The van der Waals surface area contributed by atoms with Crippen molar-refractivity contribution < 1.29 is 19.1 Å². The van der Waals surface area contributed by atoms with E-state index in [0.29, 0.717) is 5.39 Å². The standard InChI is InChI=1S/C12H7NO5/c1-13-10(15)8-6-3-2-5(14)4-7(6)18-12(17)9(8)11(13)16/h2-4,14H,1H3. The third-order valence-corrected chi connectivity index (χ3v) is 2.93. The van der Waals surface area contributed by atoms with Gasteiger partial charge in [0.2, 0.25) is 0 Å². The first-order valence-electron chi connectivity index (χ1n) is 5.13. The average Bonchev–Trinajstić information content (AvgIpc) is 2.55. The van der Waals surface area contributed by atoms with Crippen molar-refractivity contribution in [3.63, 3.8) is 0 Å². The zero-order valence-electron chi connectivity index (χ0n) is 9.26. The van der Waals surface area contributed by atoms with E-state index in [9.17, 15) is 19.5 Å². The van der Waals surface area contributed by atoms with Crippen molar-refractivity contribution in [2.24, 2.45) is 0 Å². The Kier molecular flexibility index (Phi) is 1.87. The Balaban J connectivity index is 2.53. The maximum atomic E-state index is 11.9. The van der Waals surface area contributed by atoms with E-state index >= 15 is 0 Å². The van der Waals surface area contributed by atoms with Gasteiger partial charge in [0.1, 0.15) is 16.9 Å². The lowest BCUT2D eigenvalue weighted by atomic mass is 10.1. The van der Waals surface area contributed by atoms with E-state index in [2.05, 4.69) is 0 Å². The fourth-order valence-corrected chi connectivity index (χ4v) is 2.03. The molecular weight excluding hydrogens is 238 g/mol. The Morgan fingerprint density at radius 2 is 1.78 bits per heavy atom. The summed E-state index contributed by atoms with van der Waals surface area (Å²) in [4.78, 5) is 36.2. The van der Waals surface area contributed by atoms with Crippen molar-refractivity contribution in [1.82, 2.24) is 4.90 Å². The molecule has 1 aliphatic heterocycles. The second kappa shape index (κ2) is 3.19. The highest BCUT2D eigenvalue weighted by Gasteiger charge is 2.38. The minimum Gasteiger partial charge on any atom is -0.508 e. The maximum absolute atomic E-state index is 11.9. The number of rotatable bonds is 0. The van der Waals surface area contributed by atoms with Crippen molar-refractivity contribution in [3.05, 3.63) is 39.7 Å². The molecule has 0 radical (unpaired) electrons. The van der Waals surface area contributed by atoms with Crippen LogP contribution < -0.4 is 5.63 Å². The molecule has 6 heteroatoms. The summed E-state index contributed by atoms with van der Waals surface area (Å²) in [5.74, 6) is -1.30. The number of phenols is 1. The van der Waals surface area contributed by atoms with Crippen LogP contribution in [0.3, 0.4) is 0 Å². The highest BCUT2D eigenvalue weighted by atomic mass is 16.4. The van der Waals surface area contributed by atoms with Crippen molar-refractivity contribution in [2.45, 2.75) is 0 Å². The molecule has 0 spiro atoms. The molecule has 90 valence electrons. The van der Waals surface area contributed by atoms with Crippen LogP contribution in [0, 0.1) is 0 Å². The Morgan fingerprint density at radius 3 is 2.50 bits per heavy atom. The molecule has 1 N–H and O–H groups in total. The third kappa shape index (κ3) is 1.14. The molecule has 0 fully saturated rings. The zero-order chi connectivity index (χ0) is 13.0. The lowest BCUT2D eigenvalue weighted by Gasteiger charge is -2.03. The zero-order valence-corrected chi connectivity index (χ0v) is 9.26. The summed E-state index contributed by atoms with van der Waals surface area (Å²) in [6, 6.07) is 4.03. The number of benzene rings is 1. The van der Waals surface area contributed by atoms with Gasteiger partial charge in [0.05, 0.1) is 5.56 Å². The summed E-state index contributed by atoms with van der Waals surface area (Å²) >= 11 is 0. The fraction of sp³-hybridized carbons (Fsp3) is 0.0833. The summed E-state index contributed by atoms with van der Waals surface area (Å²) in [6.45, 7) is 0. The van der Waals surface area contributed by atoms with Crippen molar-refractivity contribution in [2.75, 3.05) is 7.05 Å². The van der Waals surface area contributed by atoms with Gasteiger partial charge in [-0.3, -0.25) is 14.5 Å². The minimum atomic E-state index is -0.870. The molecule has 1 aromatic carbocycles. The first-order valence-corrected chi connectivity index (χ1v) is 5.13. The monoisotopic (exact) mass is 245 g/mol. The van der Waals surface area contributed by atoms with Gasteiger partial charge in [0, 0.05) is 18.5 Å². The number of carbonyl (C=O) groups is 2. The van der Waals surface area contributed by atoms with Crippen LogP contribution in [0.5, 0.6) is 5.75 Å². The number of nitrogens with zero attached hydrogens (tertiary/aromatic N) is 1. The van der Waals surface area contributed by atoms with E-state index < -0.39 is 17.4 Å². The number of carbonyl (C=O) groups excluding carboxylic acids is 2. The SMILES string of the molecule is CN1C(=O)c2c(c3ccc(O)cc3oc2=O)C1=O. The smallest absolute Gasteiger partial charge is 0.350 e. The second-order valence-electron chi connectivity index (χ2n) is 3.99. The van der Waals surface area contributed by atoms with Crippen LogP contribution in [0.1, 0.15) is 20.7 Å². The van der Waals surface area contributed by atoms with Crippen LogP contribution >= 0.6 is 0 Å². The number of aromatic hydroxyl groups is 1. The van der Waals surface area contributed by atoms with Crippen LogP contribution in [0.15, 0.2) is 27.4 Å². The summed E-state index contributed by atoms with van der Waals surface area (Å²) < 4.78 is 4.94. The predicted molar refractivity (Wildman–Crippen MR) is 60.6 cm³/mol. The minimum absolute atomic E-state index is 0.0359. The number of phenolic OH excluding ortho intramolecular Hbond substituents is 1. The van der Waals surface area contributed by atoms with Crippen molar-refractivity contribution in [1.29, 1.82) is 0 Å². The Morgan fingerprint density at radius 1 is 1.11 bits per heavy atom. The molecule has 2 aromatic rings. The molecule has 0 saturated heterocycles. The molecule has 0 unspecified atom stereocenters. The molecule has 1 aliphatic rings. The van der Waals surface area contributed by atoms with Gasteiger partial charge in [0.25, 0.3) is 11.8 Å². The lowest BCUT2D eigenvalue weighted by Crippen LogP contribution is -2.25. The summed E-state index contributed by atoms with van der Waals surface area (Å²) in [6.07, 6.45) is 0. The quantitative estimate of drug-likeness (QED) is 0.546. The number of amides is 2. The van der Waals surface area contributed by atoms with Crippen molar-refractivity contribution in [3.8, 4) is 5.75 Å². The van der Waals surface area contributed by atoms with E-state index in [1.807, 2.05) is 0 Å². The normalized spacial score (nSPS) is 14.4. The van der Waals surface area contributed by atoms with Crippen molar-refractivity contribution >= 4 is 22.8 Å². The van der Waals surface area contributed by atoms with E-state index in [0.717, 1.165) is 4.90 Å². The average molecular weight is 245 g/mol. The van der Waals surface area contributed by atoms with Gasteiger partial charge in [-0.2, -0.15) is 0 Å². The number of hydrogen-bond acceptors (Lipinski definition) is 5. The third-order valence-electron chi connectivity index (χ3n) is 2.93. The first-order chi connectivity index (χ1) is 8.50. The maximum Gasteiger partial charge on any atom is 0.350 e. The molecule has 2 heterocycles. The Bertz CT molecular complexity index is 774. The Hall–Kier alpha value is -2.63. The predicted octanol–water partition coefficient (Wildman–Crippen LogP) is 0.724. The molecule has 0 atom stereocenters. The van der Waals surface area contributed by atoms with Gasteiger partial charge in [0.15, 0.2) is 0 Å². The van der Waals surface area contributed by atoms with Gasteiger partial charge in [-0.25, -0.2) is 4.79 Å². The van der Waals surface area contributed by atoms with Gasteiger partial charge in [-0.15, -0.1) is 0 Å². The molecule has 2 amide bonds. The highest BCUT2D eigenvalue weighted by molar-refractivity contribution is 6.25. The molecule has 3 rings (SSSR count). The molecule has 0 saturated carbocycles. The fourth-order valence-electron chi connectivity index (χ4n) is 2.03. The largest absolute Gasteiger partial charge is 0.508 e. The lowest BCUT2D eigenvalue weighted by molar-refractivity contribution is 0.0693. The number of hydrogen-bond donors (Lipinski definition) is 1. The topological polar surface area (TPSA) is 87.8 Å². The van der Waals surface area contributed by atoms with Gasteiger partial charge in [-0.1, -0.05) is 0 Å². The Labute approximate surface area is 100 Å². The van der Waals surface area contributed by atoms with E-state index in [-0.39, 0.29) is 22.5 Å². The molecule has 0 bridgehead atoms. The summed E-state index contributed by atoms with van der Waals surface area (Å²) in [5, 5.41) is 9.65. The summed E-state index contributed by atoms with van der Waals surface area (Å²) in [5.41, 5.74) is -1.00. The second-order valence-corrected chi connectivity index (χ2v) is 3.99. The molecule has 18 heavy (non-hydrogen) atoms. The van der Waals surface area contributed by atoms with Crippen LogP contribution in [-0.2, 0) is 0 Å². The van der Waals surface area contributed by atoms with Crippen LogP contribution in [-0.4, -0.2) is 28.9 Å². The van der Waals surface area contributed by atoms with Crippen LogP contribution in [0.25, 0.3) is 11.0 Å². The molecular formula is C12H7NO5. The molecule has 0 aliphatic carbocycles. The van der Waals surface area contributed by atoms with Gasteiger partial charge >= 0.3 is 5.63 Å². The van der Waals surface area contributed by atoms with Gasteiger partial charge in [-0.05, 0) is 12.1 Å². The highest BCUT2D eigenvalue weighted by Crippen LogP contribution is 2.28. The summed E-state index contributed by atoms with van der Waals surface area (Å²) in [7, 11) is 1.30. The van der Waals surface area contributed by atoms with E-state index in [4.69, 9.17) is 4.42 Å². The number of imide groups is 1. The van der Waals surface area contributed by atoms with Crippen LogP contribution in [0.4, 0.5) is 0 Å². The molecule has 1 aromatic heterocycles. The molecule has 6 nitrogen and oxygen atoms in total. The van der Waals surface area contributed by atoms with E-state index in [1.165, 1.54) is 25.2 Å². The van der Waals surface area contributed by atoms with E-state index in [1.54, 1.807) is 0 Å². The first kappa shape index (κ1) is 10.5.